The standard InChI is InChI=1S/C11H23N3O3S/c1-18(16,17)14-6-4-13(5-7-14)10-2-3-11(12,8-10)9-15/h10,15H,2-9,12H2,1H3. The highest BCUT2D eigenvalue weighted by atomic mass is 32.2. The maximum absolute atomic E-state index is 11.4. The van der Waals surface area contributed by atoms with E-state index in [1.807, 2.05) is 0 Å². The molecule has 1 saturated heterocycles. The zero-order valence-corrected chi connectivity index (χ0v) is 11.7. The van der Waals surface area contributed by atoms with Crippen LogP contribution in [0.15, 0.2) is 0 Å². The topological polar surface area (TPSA) is 86.9 Å². The van der Waals surface area contributed by atoms with E-state index in [4.69, 9.17) is 5.73 Å². The van der Waals surface area contributed by atoms with Crippen molar-refractivity contribution in [3.8, 4) is 0 Å². The highest BCUT2D eigenvalue weighted by Gasteiger charge is 2.39. The summed E-state index contributed by atoms with van der Waals surface area (Å²) in [5, 5.41) is 9.26. The second-order valence-electron chi connectivity index (χ2n) is 5.62. The van der Waals surface area contributed by atoms with Gasteiger partial charge in [-0.2, -0.15) is 4.31 Å². The van der Waals surface area contributed by atoms with E-state index in [9.17, 15) is 13.5 Å². The molecular weight excluding hydrogens is 254 g/mol. The summed E-state index contributed by atoms with van der Waals surface area (Å²) in [5.74, 6) is 0. The second-order valence-corrected chi connectivity index (χ2v) is 7.60. The molecule has 6 nitrogen and oxygen atoms in total. The molecule has 2 unspecified atom stereocenters. The van der Waals surface area contributed by atoms with Gasteiger partial charge in [0.2, 0.25) is 10.0 Å². The van der Waals surface area contributed by atoms with Gasteiger partial charge in [-0.05, 0) is 19.3 Å². The Hall–Kier alpha value is -0.210. The summed E-state index contributed by atoms with van der Waals surface area (Å²) in [6, 6.07) is 0.392. The Morgan fingerprint density at radius 2 is 1.94 bits per heavy atom. The van der Waals surface area contributed by atoms with E-state index in [1.54, 1.807) is 0 Å². The van der Waals surface area contributed by atoms with Gasteiger partial charge >= 0.3 is 0 Å². The molecule has 2 rings (SSSR count). The molecule has 0 aromatic carbocycles. The highest BCUT2D eigenvalue weighted by molar-refractivity contribution is 7.88. The van der Waals surface area contributed by atoms with Crippen molar-refractivity contribution in [2.24, 2.45) is 5.73 Å². The average Bonchev–Trinajstić information content (AvgIpc) is 2.72. The Bertz CT molecular complexity index is 392. The summed E-state index contributed by atoms with van der Waals surface area (Å²) in [6.45, 7) is 2.68. The minimum absolute atomic E-state index is 0.0345. The van der Waals surface area contributed by atoms with Crippen LogP contribution >= 0.6 is 0 Å². The lowest BCUT2D eigenvalue weighted by Crippen LogP contribution is -2.52. The number of hydrogen-bond donors (Lipinski definition) is 2. The Morgan fingerprint density at radius 3 is 2.39 bits per heavy atom. The van der Waals surface area contributed by atoms with Crippen molar-refractivity contribution in [2.75, 3.05) is 39.0 Å². The van der Waals surface area contributed by atoms with Gasteiger partial charge in [-0.25, -0.2) is 8.42 Å². The number of nitrogens with two attached hydrogens (primary N) is 1. The summed E-state index contributed by atoms with van der Waals surface area (Å²) in [5.41, 5.74) is 5.64. The van der Waals surface area contributed by atoms with Crippen molar-refractivity contribution in [2.45, 2.75) is 30.8 Å². The summed E-state index contributed by atoms with van der Waals surface area (Å²) >= 11 is 0. The monoisotopic (exact) mass is 277 g/mol. The van der Waals surface area contributed by atoms with Crippen LogP contribution in [0.5, 0.6) is 0 Å². The Balaban J connectivity index is 1.88. The molecule has 0 amide bonds. The smallest absolute Gasteiger partial charge is 0.211 e. The molecule has 0 bridgehead atoms. The van der Waals surface area contributed by atoms with E-state index in [0.29, 0.717) is 19.1 Å². The molecule has 0 spiro atoms. The van der Waals surface area contributed by atoms with Gasteiger partial charge in [0.25, 0.3) is 0 Å². The van der Waals surface area contributed by atoms with E-state index in [-0.39, 0.29) is 6.61 Å². The first-order chi connectivity index (χ1) is 8.34. The number of sulfonamides is 1. The molecule has 3 N–H and O–H groups in total. The molecule has 7 heteroatoms. The van der Waals surface area contributed by atoms with Crippen LogP contribution in [0.2, 0.25) is 0 Å². The summed E-state index contributed by atoms with van der Waals surface area (Å²) in [4.78, 5) is 2.31. The van der Waals surface area contributed by atoms with Crippen LogP contribution in [-0.2, 0) is 10.0 Å². The number of nitrogens with zero attached hydrogens (tertiary/aromatic N) is 2. The van der Waals surface area contributed by atoms with Gasteiger partial charge < -0.3 is 10.8 Å². The molecule has 2 atom stereocenters. The van der Waals surface area contributed by atoms with Crippen molar-refractivity contribution in [3.63, 3.8) is 0 Å². The van der Waals surface area contributed by atoms with Crippen molar-refractivity contribution >= 4 is 10.0 Å². The van der Waals surface area contributed by atoms with Crippen LogP contribution in [0.4, 0.5) is 0 Å². The van der Waals surface area contributed by atoms with E-state index in [0.717, 1.165) is 32.4 Å². The molecule has 1 aliphatic heterocycles. The first-order valence-electron chi connectivity index (χ1n) is 6.43. The fourth-order valence-electron chi connectivity index (χ4n) is 2.98. The van der Waals surface area contributed by atoms with Gasteiger partial charge in [0.1, 0.15) is 0 Å². The minimum atomic E-state index is -3.06. The SMILES string of the molecule is CS(=O)(=O)N1CCN(C2CCC(N)(CO)C2)CC1. The van der Waals surface area contributed by atoms with Crippen molar-refractivity contribution in [1.82, 2.24) is 9.21 Å². The molecule has 0 aromatic rings. The molecule has 1 saturated carbocycles. The van der Waals surface area contributed by atoms with Gasteiger partial charge in [-0.15, -0.1) is 0 Å². The summed E-state index contributed by atoms with van der Waals surface area (Å²) in [6.07, 6.45) is 3.91. The zero-order chi connectivity index (χ0) is 13.4. The van der Waals surface area contributed by atoms with Gasteiger partial charge in [0, 0.05) is 37.8 Å². The summed E-state index contributed by atoms with van der Waals surface area (Å²) < 4.78 is 24.4. The number of aliphatic hydroxyl groups excluding tert-OH is 1. The first kappa shape index (κ1) is 14.2. The lowest BCUT2D eigenvalue weighted by Gasteiger charge is -2.37. The van der Waals surface area contributed by atoms with Crippen LogP contribution in [0.25, 0.3) is 0 Å². The van der Waals surface area contributed by atoms with Crippen LogP contribution in [0, 0.1) is 0 Å². The first-order valence-corrected chi connectivity index (χ1v) is 8.28. The highest BCUT2D eigenvalue weighted by Crippen LogP contribution is 2.31. The lowest BCUT2D eigenvalue weighted by atomic mass is 10.0. The third kappa shape index (κ3) is 3.03. The molecule has 2 aliphatic rings. The van der Waals surface area contributed by atoms with Crippen LogP contribution in [-0.4, -0.2) is 73.4 Å². The molecule has 106 valence electrons. The predicted molar refractivity (Wildman–Crippen MR) is 69.6 cm³/mol. The Kier molecular flexibility index (Phi) is 3.99. The van der Waals surface area contributed by atoms with Gasteiger partial charge in [-0.3, -0.25) is 4.90 Å². The normalized spacial score (nSPS) is 36.1. The largest absolute Gasteiger partial charge is 0.394 e. The third-order valence-corrected chi connectivity index (χ3v) is 5.49. The minimum Gasteiger partial charge on any atom is -0.394 e. The Labute approximate surface area is 109 Å². The number of rotatable bonds is 3. The van der Waals surface area contributed by atoms with Crippen LogP contribution in [0.1, 0.15) is 19.3 Å². The van der Waals surface area contributed by atoms with E-state index < -0.39 is 15.6 Å². The van der Waals surface area contributed by atoms with Crippen molar-refractivity contribution in [3.05, 3.63) is 0 Å². The maximum atomic E-state index is 11.4. The molecule has 18 heavy (non-hydrogen) atoms. The zero-order valence-electron chi connectivity index (χ0n) is 10.9. The fourth-order valence-corrected chi connectivity index (χ4v) is 3.81. The molecule has 1 heterocycles. The van der Waals surface area contributed by atoms with E-state index in [2.05, 4.69) is 4.90 Å². The van der Waals surface area contributed by atoms with Crippen LogP contribution in [0.3, 0.4) is 0 Å². The quantitative estimate of drug-likeness (QED) is 0.677. The second kappa shape index (κ2) is 5.05. The predicted octanol–water partition coefficient (Wildman–Crippen LogP) is -1.19. The molecular formula is C11H23N3O3S. The van der Waals surface area contributed by atoms with Crippen LogP contribution < -0.4 is 5.73 Å². The third-order valence-electron chi connectivity index (χ3n) is 4.19. The van der Waals surface area contributed by atoms with Crippen molar-refractivity contribution in [1.29, 1.82) is 0 Å². The number of aliphatic hydroxyl groups is 1. The molecule has 0 aromatic heterocycles. The Morgan fingerprint density at radius 1 is 1.33 bits per heavy atom. The molecule has 2 fully saturated rings. The van der Waals surface area contributed by atoms with E-state index in [1.165, 1.54) is 10.6 Å². The van der Waals surface area contributed by atoms with E-state index >= 15 is 0 Å². The van der Waals surface area contributed by atoms with Crippen molar-refractivity contribution < 1.29 is 13.5 Å². The maximum Gasteiger partial charge on any atom is 0.211 e. The van der Waals surface area contributed by atoms with Gasteiger partial charge in [0.05, 0.1) is 12.9 Å². The summed E-state index contributed by atoms with van der Waals surface area (Å²) in [7, 11) is -3.06. The average molecular weight is 277 g/mol. The number of piperazine rings is 1. The number of hydrogen-bond acceptors (Lipinski definition) is 5. The lowest BCUT2D eigenvalue weighted by molar-refractivity contribution is 0.127. The van der Waals surface area contributed by atoms with Gasteiger partial charge in [0.15, 0.2) is 0 Å². The fraction of sp³-hybridized carbons (Fsp3) is 1.00. The molecule has 0 radical (unpaired) electrons. The van der Waals surface area contributed by atoms with Gasteiger partial charge in [-0.1, -0.05) is 0 Å². The molecule has 1 aliphatic carbocycles.